The topological polar surface area (TPSA) is 73.9 Å². The maximum atomic E-state index is 13.1. The number of hydrogen-bond acceptors (Lipinski definition) is 5. The van der Waals surface area contributed by atoms with Gasteiger partial charge in [0.25, 0.3) is 5.91 Å². The molecule has 3 aromatic carbocycles. The number of benzene rings is 3. The number of esters is 1. The van der Waals surface area contributed by atoms with E-state index in [1.807, 2.05) is 19.1 Å². The van der Waals surface area contributed by atoms with Gasteiger partial charge in [0.05, 0.1) is 25.5 Å². The number of aryl methyl sites for hydroxylation is 1. The fourth-order valence-electron chi connectivity index (χ4n) is 2.94. The minimum atomic E-state index is -1.14. The molecule has 0 spiro atoms. The zero-order valence-electron chi connectivity index (χ0n) is 17.0. The number of carbonyl (C=O) groups is 2. The molecular weight excluding hydrogens is 382 g/mol. The molecule has 0 heterocycles. The fourth-order valence-corrected chi connectivity index (χ4v) is 2.94. The van der Waals surface area contributed by atoms with E-state index >= 15 is 0 Å². The molecule has 1 amide bonds. The molecule has 0 aliphatic rings. The average Bonchev–Trinajstić information content (AvgIpc) is 2.78. The van der Waals surface area contributed by atoms with E-state index < -0.39 is 18.0 Å². The normalized spacial score (nSPS) is 11.3. The highest BCUT2D eigenvalue weighted by Crippen LogP contribution is 2.28. The van der Waals surface area contributed by atoms with Crippen LogP contribution >= 0.6 is 0 Å². The molecule has 6 heteroatoms. The van der Waals surface area contributed by atoms with Gasteiger partial charge in [-0.05, 0) is 42.8 Å². The number of amides is 1. The van der Waals surface area contributed by atoms with Crippen LogP contribution in [0.15, 0.2) is 72.8 Å². The van der Waals surface area contributed by atoms with Crippen LogP contribution in [0.1, 0.15) is 27.6 Å². The summed E-state index contributed by atoms with van der Waals surface area (Å²) in [6, 6.07) is 20.9. The highest BCUT2D eigenvalue weighted by molar-refractivity contribution is 5.99. The van der Waals surface area contributed by atoms with Crippen LogP contribution in [0.5, 0.6) is 11.5 Å². The number of methoxy groups -OCH3 is 2. The molecule has 3 aromatic rings. The van der Waals surface area contributed by atoms with E-state index in [0.717, 1.165) is 5.56 Å². The van der Waals surface area contributed by atoms with Crippen molar-refractivity contribution >= 4 is 17.6 Å². The minimum absolute atomic E-state index is 0.288. The summed E-state index contributed by atoms with van der Waals surface area (Å²) < 4.78 is 16.1. The summed E-state index contributed by atoms with van der Waals surface area (Å²) in [6.45, 7) is 1.91. The second kappa shape index (κ2) is 9.60. The molecule has 0 aromatic heterocycles. The maximum absolute atomic E-state index is 13.1. The summed E-state index contributed by atoms with van der Waals surface area (Å²) in [7, 11) is 3.04. The molecule has 0 radical (unpaired) electrons. The van der Waals surface area contributed by atoms with Gasteiger partial charge in [-0.15, -0.1) is 0 Å². The van der Waals surface area contributed by atoms with E-state index in [-0.39, 0.29) is 5.56 Å². The first-order valence-corrected chi connectivity index (χ1v) is 9.37. The van der Waals surface area contributed by atoms with Gasteiger partial charge in [0.2, 0.25) is 6.10 Å². The predicted octanol–water partition coefficient (Wildman–Crippen LogP) is 4.55. The molecule has 0 aliphatic heterocycles. The van der Waals surface area contributed by atoms with Gasteiger partial charge >= 0.3 is 5.97 Å². The van der Waals surface area contributed by atoms with Crippen molar-refractivity contribution in [1.82, 2.24) is 0 Å². The van der Waals surface area contributed by atoms with E-state index in [4.69, 9.17) is 14.2 Å². The van der Waals surface area contributed by atoms with Crippen LogP contribution in [0.3, 0.4) is 0 Å². The first-order chi connectivity index (χ1) is 14.5. The largest absolute Gasteiger partial charge is 0.497 e. The third-order valence-electron chi connectivity index (χ3n) is 4.48. The standard InChI is InChI=1S/C24H23NO5/c1-16-12-13-21(29-3)20(14-16)25-23(26)22(17-8-5-4-6-9-17)30-24(27)18-10-7-11-19(15-18)28-2/h4-15,22H,1-3H3,(H,25,26)/t22-/m1/s1. The van der Waals surface area contributed by atoms with Crippen molar-refractivity contribution < 1.29 is 23.8 Å². The zero-order valence-corrected chi connectivity index (χ0v) is 17.0. The Labute approximate surface area is 175 Å². The number of rotatable bonds is 7. The van der Waals surface area contributed by atoms with E-state index in [1.54, 1.807) is 60.7 Å². The third kappa shape index (κ3) is 4.97. The van der Waals surface area contributed by atoms with Crippen LogP contribution in [0, 0.1) is 6.92 Å². The fraction of sp³-hybridized carbons (Fsp3) is 0.167. The van der Waals surface area contributed by atoms with Gasteiger partial charge in [-0.1, -0.05) is 42.5 Å². The Morgan fingerprint density at radius 1 is 0.867 bits per heavy atom. The Kier molecular flexibility index (Phi) is 6.70. The number of nitrogens with one attached hydrogen (secondary N) is 1. The smallest absolute Gasteiger partial charge is 0.339 e. The molecule has 3 rings (SSSR count). The van der Waals surface area contributed by atoms with Gasteiger partial charge in [0.15, 0.2) is 0 Å². The summed E-state index contributed by atoms with van der Waals surface area (Å²) in [6.07, 6.45) is -1.14. The Balaban J connectivity index is 1.88. The number of hydrogen-bond donors (Lipinski definition) is 1. The molecule has 0 bridgehead atoms. The van der Waals surface area contributed by atoms with Gasteiger partial charge < -0.3 is 19.5 Å². The lowest BCUT2D eigenvalue weighted by Crippen LogP contribution is -2.26. The highest BCUT2D eigenvalue weighted by Gasteiger charge is 2.26. The predicted molar refractivity (Wildman–Crippen MR) is 114 cm³/mol. The number of carbonyl (C=O) groups excluding carboxylic acids is 2. The second-order valence-corrected chi connectivity index (χ2v) is 6.62. The molecule has 0 aliphatic carbocycles. The van der Waals surface area contributed by atoms with Gasteiger partial charge in [-0.25, -0.2) is 4.79 Å². The lowest BCUT2D eigenvalue weighted by molar-refractivity contribution is -0.125. The van der Waals surface area contributed by atoms with Crippen molar-refractivity contribution in [1.29, 1.82) is 0 Å². The Morgan fingerprint density at radius 2 is 1.63 bits per heavy atom. The molecular formula is C24H23NO5. The van der Waals surface area contributed by atoms with E-state index in [2.05, 4.69) is 5.32 Å². The monoisotopic (exact) mass is 405 g/mol. The SMILES string of the molecule is COc1cccc(C(=O)O[C@@H](C(=O)Nc2cc(C)ccc2OC)c2ccccc2)c1. The summed E-state index contributed by atoms with van der Waals surface area (Å²) in [4.78, 5) is 25.9. The van der Waals surface area contributed by atoms with Crippen LogP contribution in [-0.2, 0) is 9.53 Å². The molecule has 0 unspecified atom stereocenters. The quantitative estimate of drug-likeness (QED) is 0.584. The van der Waals surface area contributed by atoms with Crippen LogP contribution in [0.2, 0.25) is 0 Å². The van der Waals surface area contributed by atoms with Crippen LogP contribution in [-0.4, -0.2) is 26.1 Å². The molecule has 30 heavy (non-hydrogen) atoms. The van der Waals surface area contributed by atoms with Crippen LogP contribution in [0.25, 0.3) is 0 Å². The summed E-state index contributed by atoms with van der Waals surface area (Å²) in [5.41, 5.74) is 2.30. The molecule has 1 atom stereocenters. The van der Waals surface area contributed by atoms with Crippen LogP contribution in [0.4, 0.5) is 5.69 Å². The zero-order chi connectivity index (χ0) is 21.5. The molecule has 6 nitrogen and oxygen atoms in total. The third-order valence-corrected chi connectivity index (χ3v) is 4.48. The van der Waals surface area contributed by atoms with Crippen molar-refractivity contribution in [2.75, 3.05) is 19.5 Å². The first kappa shape index (κ1) is 20.9. The second-order valence-electron chi connectivity index (χ2n) is 6.62. The van der Waals surface area contributed by atoms with Gasteiger partial charge in [-0.2, -0.15) is 0 Å². The van der Waals surface area contributed by atoms with E-state index in [1.165, 1.54) is 14.2 Å². The first-order valence-electron chi connectivity index (χ1n) is 9.37. The summed E-state index contributed by atoms with van der Waals surface area (Å²) >= 11 is 0. The van der Waals surface area contributed by atoms with Gasteiger partial charge in [-0.3, -0.25) is 4.79 Å². The van der Waals surface area contributed by atoms with Gasteiger partial charge in [0, 0.05) is 5.56 Å². The summed E-state index contributed by atoms with van der Waals surface area (Å²) in [5.74, 6) is -0.0787. The van der Waals surface area contributed by atoms with Crippen molar-refractivity contribution in [3.63, 3.8) is 0 Å². The molecule has 0 saturated carbocycles. The molecule has 154 valence electrons. The summed E-state index contributed by atoms with van der Waals surface area (Å²) in [5, 5.41) is 2.81. The van der Waals surface area contributed by atoms with Crippen molar-refractivity contribution in [2.24, 2.45) is 0 Å². The van der Waals surface area contributed by atoms with E-state index in [0.29, 0.717) is 22.7 Å². The van der Waals surface area contributed by atoms with Crippen molar-refractivity contribution in [3.8, 4) is 11.5 Å². The van der Waals surface area contributed by atoms with Crippen LogP contribution < -0.4 is 14.8 Å². The molecule has 0 saturated heterocycles. The highest BCUT2D eigenvalue weighted by atomic mass is 16.5. The number of ether oxygens (including phenoxy) is 3. The Bertz CT molecular complexity index is 1030. The Morgan fingerprint density at radius 3 is 2.33 bits per heavy atom. The van der Waals surface area contributed by atoms with Crippen molar-refractivity contribution in [2.45, 2.75) is 13.0 Å². The Hall–Kier alpha value is -3.80. The lowest BCUT2D eigenvalue weighted by Gasteiger charge is -2.19. The lowest BCUT2D eigenvalue weighted by atomic mass is 10.1. The van der Waals surface area contributed by atoms with Gasteiger partial charge in [0.1, 0.15) is 11.5 Å². The van der Waals surface area contributed by atoms with Crippen molar-refractivity contribution in [3.05, 3.63) is 89.5 Å². The minimum Gasteiger partial charge on any atom is -0.497 e. The number of anilines is 1. The molecule has 1 N–H and O–H groups in total. The molecule has 0 fully saturated rings. The maximum Gasteiger partial charge on any atom is 0.339 e. The average molecular weight is 405 g/mol. The van der Waals surface area contributed by atoms with E-state index in [9.17, 15) is 9.59 Å².